The van der Waals surface area contributed by atoms with Crippen molar-refractivity contribution >= 4 is 9.52 Å². The molecular formula is C11H36O2Si. The minimum absolute atomic E-state index is 0. The van der Waals surface area contributed by atoms with Crippen molar-refractivity contribution in [2.45, 2.75) is 57.2 Å². The number of ether oxygens (including phenoxy) is 2. The van der Waals surface area contributed by atoms with E-state index in [0.29, 0.717) is 6.10 Å². The fourth-order valence-corrected chi connectivity index (χ4v) is 0.979. The fraction of sp³-hybridized carbons (Fsp3) is 1.00. The van der Waals surface area contributed by atoms with Crippen LogP contribution in [-0.2, 0) is 9.47 Å². The van der Waals surface area contributed by atoms with Crippen LogP contribution in [0.3, 0.4) is 0 Å². The lowest BCUT2D eigenvalue weighted by Gasteiger charge is -1.95. The molecule has 0 saturated carbocycles. The zero-order valence-corrected chi connectivity index (χ0v) is 6.64. The van der Waals surface area contributed by atoms with Crippen molar-refractivity contribution in [1.29, 1.82) is 0 Å². The number of hydrogen-bond donors (Lipinski definition) is 0. The standard InChI is InChI=1S/C5H12O2Si.6CH4/c1-8-4-6-2-5-3-7-5;;;;;;/h5H,2-4,8H2,1H3;6*1H4. The van der Waals surface area contributed by atoms with Crippen LogP contribution < -0.4 is 0 Å². The maximum atomic E-state index is 5.24. The first-order chi connectivity index (χ1) is 3.93. The molecule has 1 atom stereocenters. The van der Waals surface area contributed by atoms with Crippen LogP contribution >= 0.6 is 0 Å². The van der Waals surface area contributed by atoms with E-state index in [2.05, 4.69) is 6.55 Å². The van der Waals surface area contributed by atoms with Gasteiger partial charge in [0.25, 0.3) is 0 Å². The predicted molar refractivity (Wildman–Crippen MR) is 75.4 cm³/mol. The van der Waals surface area contributed by atoms with E-state index in [1.54, 1.807) is 0 Å². The zero-order valence-electron chi connectivity index (χ0n) is 5.22. The Morgan fingerprint density at radius 3 is 1.86 bits per heavy atom. The van der Waals surface area contributed by atoms with E-state index in [4.69, 9.17) is 9.47 Å². The van der Waals surface area contributed by atoms with Gasteiger partial charge in [0.2, 0.25) is 0 Å². The van der Waals surface area contributed by atoms with Crippen LogP contribution in [0, 0.1) is 0 Å². The molecule has 1 aliphatic rings. The highest BCUT2D eigenvalue weighted by Crippen LogP contribution is 2.07. The van der Waals surface area contributed by atoms with Crippen molar-refractivity contribution in [3.63, 3.8) is 0 Å². The summed E-state index contributed by atoms with van der Waals surface area (Å²) in [4.78, 5) is 0. The Morgan fingerprint density at radius 2 is 1.57 bits per heavy atom. The van der Waals surface area contributed by atoms with E-state index < -0.39 is 0 Å². The molecule has 0 N–H and O–H groups in total. The average molecular weight is 228 g/mol. The van der Waals surface area contributed by atoms with Gasteiger partial charge in [-0.05, 0) is 0 Å². The third-order valence-corrected chi connectivity index (χ3v) is 1.75. The molecule has 1 aliphatic heterocycles. The summed E-state index contributed by atoms with van der Waals surface area (Å²) in [5.41, 5.74) is 0. The summed E-state index contributed by atoms with van der Waals surface area (Å²) in [7, 11) is 0.121. The van der Waals surface area contributed by atoms with E-state index >= 15 is 0 Å². The molecule has 1 saturated heterocycles. The van der Waals surface area contributed by atoms with Gasteiger partial charge in [-0.2, -0.15) is 0 Å². The second-order valence-electron chi connectivity index (χ2n) is 2.03. The molecule has 1 heterocycles. The van der Waals surface area contributed by atoms with Crippen molar-refractivity contribution in [2.24, 2.45) is 0 Å². The molecule has 0 radical (unpaired) electrons. The normalized spacial score (nSPS) is 15.6. The molecule has 0 aliphatic carbocycles. The van der Waals surface area contributed by atoms with Crippen LogP contribution in [0.25, 0.3) is 0 Å². The number of rotatable bonds is 4. The largest absolute Gasteiger partial charge is 0.383 e. The highest BCUT2D eigenvalue weighted by molar-refractivity contribution is 6.33. The van der Waals surface area contributed by atoms with Crippen LogP contribution in [0.4, 0.5) is 0 Å². The summed E-state index contributed by atoms with van der Waals surface area (Å²) in [6, 6.07) is 0. The Kier molecular flexibility index (Phi) is 61.0. The topological polar surface area (TPSA) is 21.8 Å². The lowest BCUT2D eigenvalue weighted by Crippen LogP contribution is -2.05. The third-order valence-electron chi connectivity index (χ3n) is 1.05. The SMILES string of the molecule is C.C.C.C.C.C.C[SiH2]COCC1CO1. The summed E-state index contributed by atoms with van der Waals surface area (Å²) < 4.78 is 10.2. The summed E-state index contributed by atoms with van der Waals surface area (Å²) in [5, 5.41) is 0. The minimum Gasteiger partial charge on any atom is -0.383 e. The van der Waals surface area contributed by atoms with Gasteiger partial charge in [-0.15, -0.1) is 0 Å². The van der Waals surface area contributed by atoms with Crippen molar-refractivity contribution in [1.82, 2.24) is 0 Å². The van der Waals surface area contributed by atoms with Gasteiger partial charge in [0.05, 0.1) is 13.2 Å². The molecule has 3 heteroatoms. The molecule has 14 heavy (non-hydrogen) atoms. The van der Waals surface area contributed by atoms with Gasteiger partial charge in [-0.25, -0.2) is 0 Å². The number of epoxide rings is 1. The zero-order chi connectivity index (χ0) is 5.82. The molecule has 1 rings (SSSR count). The molecule has 1 fully saturated rings. The molecular weight excluding hydrogens is 192 g/mol. The van der Waals surface area contributed by atoms with Crippen LogP contribution in [0.5, 0.6) is 0 Å². The highest BCUT2D eigenvalue weighted by atomic mass is 28.2. The second-order valence-corrected chi connectivity index (χ2v) is 3.44. The summed E-state index contributed by atoms with van der Waals surface area (Å²) >= 11 is 0. The molecule has 0 aromatic heterocycles. The van der Waals surface area contributed by atoms with Gasteiger partial charge < -0.3 is 9.47 Å². The average Bonchev–Trinajstić information content (AvgIpc) is 2.51. The lowest BCUT2D eigenvalue weighted by atomic mass is 10.5. The van der Waals surface area contributed by atoms with E-state index in [9.17, 15) is 0 Å². The smallest absolute Gasteiger partial charge is 0.104 e. The molecule has 2 nitrogen and oxygen atoms in total. The molecule has 0 aromatic rings. The fourth-order valence-electron chi connectivity index (χ4n) is 0.523. The highest BCUT2D eigenvalue weighted by Gasteiger charge is 2.21. The summed E-state index contributed by atoms with van der Waals surface area (Å²) in [6.07, 6.45) is 1.47. The van der Waals surface area contributed by atoms with Crippen LogP contribution in [-0.4, -0.2) is 35.1 Å². The Balaban J connectivity index is -0.0000000267. The molecule has 0 amide bonds. The van der Waals surface area contributed by atoms with Crippen molar-refractivity contribution in [3.8, 4) is 0 Å². The van der Waals surface area contributed by atoms with Gasteiger partial charge in [0.15, 0.2) is 0 Å². The van der Waals surface area contributed by atoms with Gasteiger partial charge in [0.1, 0.15) is 6.10 Å². The van der Waals surface area contributed by atoms with E-state index in [0.717, 1.165) is 19.4 Å². The molecule has 0 spiro atoms. The monoisotopic (exact) mass is 228 g/mol. The molecule has 0 aromatic carbocycles. The van der Waals surface area contributed by atoms with Crippen LogP contribution in [0.2, 0.25) is 6.55 Å². The van der Waals surface area contributed by atoms with E-state index in [-0.39, 0.29) is 54.1 Å². The van der Waals surface area contributed by atoms with Gasteiger partial charge in [-0.1, -0.05) is 51.1 Å². The van der Waals surface area contributed by atoms with Gasteiger partial charge in [-0.3, -0.25) is 0 Å². The Morgan fingerprint density at radius 1 is 1.14 bits per heavy atom. The second kappa shape index (κ2) is 23.2. The molecule has 96 valence electrons. The summed E-state index contributed by atoms with van der Waals surface area (Å²) in [6.45, 7) is 4.00. The van der Waals surface area contributed by atoms with Crippen molar-refractivity contribution < 1.29 is 9.47 Å². The Bertz CT molecular complexity index is 66.3. The van der Waals surface area contributed by atoms with Crippen molar-refractivity contribution in [2.75, 3.05) is 19.4 Å². The number of hydrogen-bond acceptors (Lipinski definition) is 2. The molecule has 1 unspecified atom stereocenters. The Labute approximate surface area is 96.2 Å². The van der Waals surface area contributed by atoms with Crippen molar-refractivity contribution in [3.05, 3.63) is 0 Å². The first kappa shape index (κ1) is 36.8. The van der Waals surface area contributed by atoms with Gasteiger partial charge >= 0.3 is 0 Å². The first-order valence-electron chi connectivity index (χ1n) is 3.13. The van der Waals surface area contributed by atoms with Crippen LogP contribution in [0.15, 0.2) is 0 Å². The van der Waals surface area contributed by atoms with E-state index in [1.165, 1.54) is 0 Å². The summed E-state index contributed by atoms with van der Waals surface area (Å²) in [5.74, 6) is 0. The Hall–Kier alpha value is 0.137. The maximum absolute atomic E-state index is 5.24. The minimum atomic E-state index is 0. The quantitative estimate of drug-likeness (QED) is 0.418. The maximum Gasteiger partial charge on any atom is 0.104 e. The predicted octanol–water partition coefficient (Wildman–Crippen LogP) is 3.39. The van der Waals surface area contributed by atoms with Gasteiger partial charge in [0, 0.05) is 15.7 Å². The van der Waals surface area contributed by atoms with E-state index in [1.807, 2.05) is 0 Å². The lowest BCUT2D eigenvalue weighted by molar-refractivity contribution is 0.153. The first-order valence-corrected chi connectivity index (χ1v) is 5.54. The molecule has 0 bridgehead atoms. The van der Waals surface area contributed by atoms with Crippen LogP contribution in [0.1, 0.15) is 44.6 Å². The third kappa shape index (κ3) is 22.7.